The van der Waals surface area contributed by atoms with E-state index in [-0.39, 0.29) is 19.1 Å². The van der Waals surface area contributed by atoms with Crippen LogP contribution in [0.4, 0.5) is 0 Å². The fraction of sp³-hybridized carbons (Fsp3) is 0.304. The van der Waals surface area contributed by atoms with Gasteiger partial charge in [0, 0.05) is 13.1 Å². The second kappa shape index (κ2) is 11.5. The molecule has 0 aliphatic carbocycles. The second-order valence-electron chi connectivity index (χ2n) is 6.25. The van der Waals surface area contributed by atoms with Crippen LogP contribution in [0, 0.1) is 0 Å². The van der Waals surface area contributed by atoms with Crippen LogP contribution in [0.25, 0.3) is 6.08 Å². The Morgan fingerprint density at radius 3 is 2.45 bits per heavy atom. The first-order chi connectivity index (χ1) is 14.1. The molecular formula is C23H27NO5. The van der Waals surface area contributed by atoms with Crippen LogP contribution < -0.4 is 9.47 Å². The smallest absolute Gasteiger partial charge is 0.344 e. The summed E-state index contributed by atoms with van der Waals surface area (Å²) in [5.74, 6) is 0.0828. The molecule has 2 aromatic rings. The highest BCUT2D eigenvalue weighted by molar-refractivity contribution is 5.81. The highest BCUT2D eigenvalue weighted by atomic mass is 16.6. The van der Waals surface area contributed by atoms with E-state index in [1.165, 1.54) is 7.11 Å². The first-order valence-electron chi connectivity index (χ1n) is 9.48. The van der Waals surface area contributed by atoms with E-state index in [4.69, 9.17) is 14.2 Å². The average Bonchev–Trinajstić information content (AvgIpc) is 2.75. The van der Waals surface area contributed by atoms with Crippen LogP contribution in [-0.2, 0) is 20.9 Å². The van der Waals surface area contributed by atoms with Gasteiger partial charge in [0.2, 0.25) is 0 Å². The fourth-order valence-corrected chi connectivity index (χ4v) is 2.69. The molecule has 29 heavy (non-hydrogen) atoms. The molecule has 0 spiro atoms. The summed E-state index contributed by atoms with van der Waals surface area (Å²) in [6.07, 6.45) is 3.85. The molecule has 6 heteroatoms. The number of hydrogen-bond acceptors (Lipinski definition) is 5. The number of amides is 1. The number of methoxy groups -OCH3 is 1. The summed E-state index contributed by atoms with van der Waals surface area (Å²) in [6, 6.07) is 15.1. The predicted molar refractivity (Wildman–Crippen MR) is 112 cm³/mol. The Balaban J connectivity index is 1.83. The van der Waals surface area contributed by atoms with Crippen molar-refractivity contribution < 1.29 is 23.8 Å². The van der Waals surface area contributed by atoms with Crippen LogP contribution in [0.5, 0.6) is 11.5 Å². The van der Waals surface area contributed by atoms with Crippen molar-refractivity contribution in [3.05, 3.63) is 65.7 Å². The molecule has 154 valence electrons. The zero-order chi connectivity index (χ0) is 21.1. The molecule has 0 N–H and O–H groups in total. The van der Waals surface area contributed by atoms with Gasteiger partial charge in [0.1, 0.15) is 0 Å². The van der Waals surface area contributed by atoms with E-state index in [1.54, 1.807) is 11.0 Å². The Bertz CT molecular complexity index is 832. The van der Waals surface area contributed by atoms with Crippen LogP contribution in [0.3, 0.4) is 0 Å². The molecule has 0 aliphatic heterocycles. The van der Waals surface area contributed by atoms with Gasteiger partial charge in [0.05, 0.1) is 7.11 Å². The molecule has 0 saturated carbocycles. The van der Waals surface area contributed by atoms with Crippen molar-refractivity contribution in [3.8, 4) is 11.5 Å². The number of carbonyl (C=O) groups is 2. The minimum Gasteiger partial charge on any atom is -0.493 e. The van der Waals surface area contributed by atoms with Crippen LogP contribution in [0.2, 0.25) is 0 Å². The molecule has 0 aliphatic rings. The van der Waals surface area contributed by atoms with Gasteiger partial charge >= 0.3 is 5.97 Å². The molecule has 0 aromatic heterocycles. The van der Waals surface area contributed by atoms with Crippen LogP contribution in [0.1, 0.15) is 25.0 Å². The number of nitrogens with zero attached hydrogens (tertiary/aromatic N) is 1. The summed E-state index contributed by atoms with van der Waals surface area (Å²) < 4.78 is 15.9. The molecule has 0 bridgehead atoms. The quantitative estimate of drug-likeness (QED) is 0.572. The van der Waals surface area contributed by atoms with E-state index in [9.17, 15) is 9.59 Å². The van der Waals surface area contributed by atoms with Gasteiger partial charge in [0.15, 0.2) is 24.7 Å². The van der Waals surface area contributed by atoms with Crippen LogP contribution in [-0.4, -0.2) is 43.6 Å². The molecule has 6 nitrogen and oxygen atoms in total. The molecule has 2 aromatic carbocycles. The summed E-state index contributed by atoms with van der Waals surface area (Å²) in [5, 5.41) is 0. The van der Waals surface area contributed by atoms with Gasteiger partial charge in [0.25, 0.3) is 5.91 Å². The van der Waals surface area contributed by atoms with Crippen molar-refractivity contribution in [2.24, 2.45) is 0 Å². The Labute approximate surface area is 171 Å². The minimum absolute atomic E-state index is 0.252. The number of ether oxygens (including phenoxy) is 3. The number of likely N-dealkylation sites (N-methyl/N-ethyl adjacent to an activating group) is 1. The van der Waals surface area contributed by atoms with Gasteiger partial charge in [-0.25, -0.2) is 4.79 Å². The maximum atomic E-state index is 12.3. The molecule has 0 atom stereocenters. The highest BCUT2D eigenvalue weighted by Gasteiger charge is 2.15. The van der Waals surface area contributed by atoms with Crippen LogP contribution in [0.15, 0.2) is 54.6 Å². The number of allylic oxidation sites excluding steroid dienone is 1. The topological polar surface area (TPSA) is 65.1 Å². The predicted octanol–water partition coefficient (Wildman–Crippen LogP) is 3.70. The first-order valence-corrected chi connectivity index (χ1v) is 9.48. The van der Waals surface area contributed by atoms with Gasteiger partial charge in [-0.15, -0.1) is 0 Å². The fourth-order valence-electron chi connectivity index (χ4n) is 2.69. The van der Waals surface area contributed by atoms with Gasteiger partial charge in [-0.2, -0.15) is 0 Å². The Morgan fingerprint density at radius 2 is 1.79 bits per heavy atom. The monoisotopic (exact) mass is 397 g/mol. The molecule has 0 heterocycles. The molecule has 0 unspecified atom stereocenters. The van der Waals surface area contributed by atoms with Crippen molar-refractivity contribution in [1.29, 1.82) is 0 Å². The lowest BCUT2D eigenvalue weighted by atomic mass is 10.2. The van der Waals surface area contributed by atoms with E-state index in [2.05, 4.69) is 0 Å². The van der Waals surface area contributed by atoms with Crippen molar-refractivity contribution in [3.63, 3.8) is 0 Å². The third-order valence-corrected chi connectivity index (χ3v) is 4.20. The maximum absolute atomic E-state index is 12.3. The summed E-state index contributed by atoms with van der Waals surface area (Å²) in [5.41, 5.74) is 1.98. The second-order valence-corrected chi connectivity index (χ2v) is 6.25. The van der Waals surface area contributed by atoms with Crippen molar-refractivity contribution in [1.82, 2.24) is 4.90 Å². The zero-order valence-corrected chi connectivity index (χ0v) is 17.1. The molecule has 0 saturated heterocycles. The third kappa shape index (κ3) is 6.99. The van der Waals surface area contributed by atoms with Crippen molar-refractivity contribution in [2.75, 3.05) is 26.9 Å². The Hall–Kier alpha value is -3.28. The number of rotatable bonds is 10. The van der Waals surface area contributed by atoms with Gasteiger partial charge in [-0.1, -0.05) is 48.6 Å². The average molecular weight is 397 g/mol. The lowest BCUT2D eigenvalue weighted by Gasteiger charge is -2.21. The number of hydrogen-bond donors (Lipinski definition) is 0. The summed E-state index contributed by atoms with van der Waals surface area (Å²) in [7, 11) is 1.53. The largest absolute Gasteiger partial charge is 0.493 e. The summed E-state index contributed by atoms with van der Waals surface area (Å²) in [6.45, 7) is 4.18. The third-order valence-electron chi connectivity index (χ3n) is 4.20. The van der Waals surface area contributed by atoms with Gasteiger partial charge < -0.3 is 19.1 Å². The molecule has 0 fully saturated rings. The van der Waals surface area contributed by atoms with Crippen molar-refractivity contribution in [2.45, 2.75) is 20.4 Å². The lowest BCUT2D eigenvalue weighted by Crippen LogP contribution is -2.34. The van der Waals surface area contributed by atoms with E-state index in [0.29, 0.717) is 24.6 Å². The summed E-state index contributed by atoms with van der Waals surface area (Å²) >= 11 is 0. The Morgan fingerprint density at radius 1 is 1.03 bits per heavy atom. The van der Waals surface area contributed by atoms with E-state index in [0.717, 1.165) is 11.1 Å². The normalized spacial score (nSPS) is 10.6. The maximum Gasteiger partial charge on any atom is 0.344 e. The van der Waals surface area contributed by atoms with Gasteiger partial charge in [-0.3, -0.25) is 4.79 Å². The molecule has 0 radical (unpaired) electrons. The Kier molecular flexibility index (Phi) is 8.76. The zero-order valence-electron chi connectivity index (χ0n) is 17.1. The van der Waals surface area contributed by atoms with Crippen LogP contribution >= 0.6 is 0 Å². The minimum atomic E-state index is -0.617. The summed E-state index contributed by atoms with van der Waals surface area (Å²) in [4.78, 5) is 26.0. The standard InChI is InChI=1S/C23H27NO5/c1-4-9-18-12-13-20(21(14-18)27-3)28-17-23(26)29-16-22(25)24(5-2)15-19-10-7-6-8-11-19/h4,6-14H,5,15-17H2,1-3H3/b9-4+. The first kappa shape index (κ1) is 22.0. The van der Waals surface area contributed by atoms with Crippen molar-refractivity contribution >= 4 is 18.0 Å². The molecule has 1 amide bonds. The number of carbonyl (C=O) groups excluding carboxylic acids is 2. The number of esters is 1. The van der Waals surface area contributed by atoms with E-state index < -0.39 is 5.97 Å². The highest BCUT2D eigenvalue weighted by Crippen LogP contribution is 2.28. The molecule has 2 rings (SSSR count). The number of benzene rings is 2. The van der Waals surface area contributed by atoms with Gasteiger partial charge in [-0.05, 0) is 37.1 Å². The lowest BCUT2D eigenvalue weighted by molar-refractivity contribution is -0.153. The SMILES string of the molecule is C/C=C/c1ccc(OCC(=O)OCC(=O)N(CC)Cc2ccccc2)c(OC)c1. The van der Waals surface area contributed by atoms with E-state index in [1.807, 2.05) is 68.5 Å². The van der Waals surface area contributed by atoms with E-state index >= 15 is 0 Å². The molecular weight excluding hydrogens is 370 g/mol.